The molecule has 9 heteroatoms. The van der Waals surface area contributed by atoms with Crippen LogP contribution in [0.15, 0.2) is 24.4 Å². The van der Waals surface area contributed by atoms with Crippen molar-refractivity contribution in [3.05, 3.63) is 36.0 Å². The molecule has 0 bridgehead atoms. The van der Waals surface area contributed by atoms with Crippen LogP contribution >= 0.6 is 0 Å². The molecule has 6 nitrogen and oxygen atoms in total. The highest BCUT2D eigenvalue weighted by molar-refractivity contribution is 5.59. The minimum atomic E-state index is -2.70. The summed E-state index contributed by atoms with van der Waals surface area (Å²) in [5.74, 6) is -3.97. The normalized spacial score (nSPS) is 18.8. The Bertz CT molecular complexity index is 927. The fourth-order valence-electron chi connectivity index (χ4n) is 2.35. The van der Waals surface area contributed by atoms with Gasteiger partial charge in [-0.1, -0.05) is 0 Å². The topological polar surface area (TPSA) is 65.2 Å². The van der Waals surface area contributed by atoms with Gasteiger partial charge in [0.1, 0.15) is 0 Å². The molecule has 1 unspecified atom stereocenters. The fourth-order valence-corrected chi connectivity index (χ4v) is 2.35. The van der Waals surface area contributed by atoms with Crippen LogP contribution in [0.25, 0.3) is 16.9 Å². The SMILES string of the molecule is Cc1nnc2ccc(-c3cnc(OCC4CC4(F)F)c(F)c3)nn12. The number of hydrogen-bond donors (Lipinski definition) is 0. The van der Waals surface area contributed by atoms with E-state index in [1.807, 2.05) is 0 Å². The van der Waals surface area contributed by atoms with E-state index in [0.717, 1.165) is 0 Å². The van der Waals surface area contributed by atoms with Crippen molar-refractivity contribution < 1.29 is 17.9 Å². The molecule has 0 radical (unpaired) electrons. The van der Waals surface area contributed by atoms with Crippen molar-refractivity contribution in [1.82, 2.24) is 24.8 Å². The third-order valence-corrected chi connectivity index (χ3v) is 3.90. The first kappa shape index (κ1) is 14.9. The van der Waals surface area contributed by atoms with Crippen LogP contribution in [0.5, 0.6) is 5.88 Å². The molecular weight excluding hydrogens is 323 g/mol. The van der Waals surface area contributed by atoms with Gasteiger partial charge in [-0.05, 0) is 25.1 Å². The van der Waals surface area contributed by atoms with Crippen molar-refractivity contribution in [2.75, 3.05) is 6.61 Å². The average molecular weight is 335 g/mol. The minimum absolute atomic E-state index is 0.227. The zero-order valence-corrected chi connectivity index (χ0v) is 12.6. The summed E-state index contributed by atoms with van der Waals surface area (Å²) in [6.45, 7) is 1.50. The number of alkyl halides is 2. The highest BCUT2D eigenvalue weighted by Crippen LogP contribution is 2.48. The van der Waals surface area contributed by atoms with Crippen LogP contribution in [0.2, 0.25) is 0 Å². The van der Waals surface area contributed by atoms with E-state index in [9.17, 15) is 13.2 Å². The summed E-state index contributed by atoms with van der Waals surface area (Å²) >= 11 is 0. The molecule has 1 fully saturated rings. The highest BCUT2D eigenvalue weighted by Gasteiger charge is 2.57. The molecular formula is C15H12F3N5O. The van der Waals surface area contributed by atoms with Crippen LogP contribution in [0, 0.1) is 18.7 Å². The number of aryl methyl sites for hydroxylation is 1. The van der Waals surface area contributed by atoms with Crippen LogP contribution in [0.3, 0.4) is 0 Å². The Hall–Kier alpha value is -2.71. The predicted molar refractivity (Wildman–Crippen MR) is 77.3 cm³/mol. The molecule has 1 aliphatic rings. The molecule has 24 heavy (non-hydrogen) atoms. The van der Waals surface area contributed by atoms with Crippen LogP contribution < -0.4 is 4.74 Å². The van der Waals surface area contributed by atoms with Crippen molar-refractivity contribution in [1.29, 1.82) is 0 Å². The summed E-state index contributed by atoms with van der Waals surface area (Å²) in [7, 11) is 0. The van der Waals surface area contributed by atoms with E-state index in [2.05, 4.69) is 20.3 Å². The van der Waals surface area contributed by atoms with E-state index in [4.69, 9.17) is 4.74 Å². The molecule has 0 aliphatic heterocycles. The third kappa shape index (κ3) is 2.55. The first-order chi connectivity index (χ1) is 11.4. The van der Waals surface area contributed by atoms with Gasteiger partial charge in [-0.15, -0.1) is 10.2 Å². The number of fused-ring (bicyclic) bond motifs is 1. The second-order valence-corrected chi connectivity index (χ2v) is 5.72. The summed E-state index contributed by atoms with van der Waals surface area (Å²) < 4.78 is 46.3. The monoisotopic (exact) mass is 335 g/mol. The number of halogens is 3. The van der Waals surface area contributed by atoms with Crippen LogP contribution in [0.4, 0.5) is 13.2 Å². The zero-order chi connectivity index (χ0) is 16.9. The first-order valence-corrected chi connectivity index (χ1v) is 7.30. The largest absolute Gasteiger partial charge is 0.475 e. The van der Waals surface area contributed by atoms with E-state index >= 15 is 0 Å². The highest BCUT2D eigenvalue weighted by atomic mass is 19.3. The Morgan fingerprint density at radius 1 is 1.33 bits per heavy atom. The summed E-state index contributed by atoms with van der Waals surface area (Å²) in [4.78, 5) is 3.87. The lowest BCUT2D eigenvalue weighted by atomic mass is 10.2. The van der Waals surface area contributed by atoms with E-state index in [0.29, 0.717) is 22.7 Å². The van der Waals surface area contributed by atoms with Crippen molar-refractivity contribution in [2.24, 2.45) is 5.92 Å². The lowest BCUT2D eigenvalue weighted by molar-refractivity contribution is 0.0842. The maximum Gasteiger partial charge on any atom is 0.255 e. The van der Waals surface area contributed by atoms with Gasteiger partial charge in [0.2, 0.25) is 5.88 Å². The molecule has 1 saturated carbocycles. The number of ether oxygens (including phenoxy) is 1. The molecule has 4 rings (SSSR count). The number of nitrogens with zero attached hydrogens (tertiary/aromatic N) is 5. The minimum Gasteiger partial charge on any atom is -0.475 e. The predicted octanol–water partition coefficient (Wildman–Crippen LogP) is 2.67. The number of aromatic nitrogens is 5. The van der Waals surface area contributed by atoms with Gasteiger partial charge in [-0.25, -0.2) is 18.2 Å². The van der Waals surface area contributed by atoms with Gasteiger partial charge in [-0.3, -0.25) is 0 Å². The molecule has 1 atom stereocenters. The van der Waals surface area contributed by atoms with Crippen LogP contribution in [0.1, 0.15) is 12.2 Å². The average Bonchev–Trinajstić information content (AvgIpc) is 3.00. The van der Waals surface area contributed by atoms with E-state index in [1.54, 1.807) is 19.1 Å². The molecule has 3 aromatic rings. The van der Waals surface area contributed by atoms with Gasteiger partial charge in [0.05, 0.1) is 18.2 Å². The molecule has 0 amide bonds. The van der Waals surface area contributed by atoms with Crippen LogP contribution in [-0.2, 0) is 0 Å². The van der Waals surface area contributed by atoms with E-state index < -0.39 is 17.7 Å². The second kappa shape index (κ2) is 5.15. The molecule has 1 aliphatic carbocycles. The Labute approximate surface area is 134 Å². The number of rotatable bonds is 4. The smallest absolute Gasteiger partial charge is 0.255 e. The Kier molecular flexibility index (Phi) is 3.19. The summed E-state index contributed by atoms with van der Waals surface area (Å²) in [5, 5.41) is 12.1. The third-order valence-electron chi connectivity index (χ3n) is 3.90. The maximum atomic E-state index is 14.1. The molecule has 124 valence electrons. The van der Waals surface area contributed by atoms with E-state index in [1.165, 1.54) is 16.8 Å². The summed E-state index contributed by atoms with van der Waals surface area (Å²) in [5.41, 5.74) is 1.50. The number of hydrogen-bond acceptors (Lipinski definition) is 5. The Morgan fingerprint density at radius 2 is 2.12 bits per heavy atom. The Balaban J connectivity index is 1.57. The fraction of sp³-hybridized carbons (Fsp3) is 0.333. The van der Waals surface area contributed by atoms with Gasteiger partial charge in [0, 0.05) is 18.2 Å². The van der Waals surface area contributed by atoms with Gasteiger partial charge < -0.3 is 4.74 Å². The molecule has 0 aromatic carbocycles. The number of pyridine rings is 1. The van der Waals surface area contributed by atoms with Crippen molar-refractivity contribution in [3.63, 3.8) is 0 Å². The van der Waals surface area contributed by atoms with E-state index in [-0.39, 0.29) is 18.9 Å². The molecule has 0 N–H and O–H groups in total. The Morgan fingerprint density at radius 3 is 2.83 bits per heavy atom. The maximum absolute atomic E-state index is 14.1. The molecule has 0 saturated heterocycles. The standard InChI is InChI=1S/C15H12F3N5O/c1-8-20-21-13-3-2-12(22-23(8)13)9-4-11(16)14(19-6-9)24-7-10-5-15(10,17)18/h2-4,6,10H,5,7H2,1H3. The summed E-state index contributed by atoms with van der Waals surface area (Å²) in [6.07, 6.45) is 1.16. The lowest BCUT2D eigenvalue weighted by Crippen LogP contribution is -2.08. The van der Waals surface area contributed by atoms with Gasteiger partial charge in [0.15, 0.2) is 17.3 Å². The zero-order valence-electron chi connectivity index (χ0n) is 12.6. The molecule has 3 aromatic heterocycles. The van der Waals surface area contributed by atoms with Crippen molar-refractivity contribution >= 4 is 5.65 Å². The van der Waals surface area contributed by atoms with Gasteiger partial charge >= 0.3 is 0 Å². The first-order valence-electron chi connectivity index (χ1n) is 7.30. The van der Waals surface area contributed by atoms with Gasteiger partial charge in [-0.2, -0.15) is 9.61 Å². The lowest BCUT2D eigenvalue weighted by Gasteiger charge is -2.07. The molecule has 0 spiro atoms. The van der Waals surface area contributed by atoms with Gasteiger partial charge in [0.25, 0.3) is 5.92 Å². The second-order valence-electron chi connectivity index (χ2n) is 5.72. The summed E-state index contributed by atoms with van der Waals surface area (Å²) in [6, 6.07) is 4.59. The van der Waals surface area contributed by atoms with Crippen molar-refractivity contribution in [3.8, 4) is 17.1 Å². The van der Waals surface area contributed by atoms with Crippen LogP contribution in [-0.4, -0.2) is 37.3 Å². The molecule has 3 heterocycles. The quantitative estimate of drug-likeness (QED) is 0.733. The van der Waals surface area contributed by atoms with Crippen molar-refractivity contribution in [2.45, 2.75) is 19.3 Å².